The second-order valence-electron chi connectivity index (χ2n) is 29.2. The molecule has 0 radical (unpaired) electrons. The summed E-state index contributed by atoms with van der Waals surface area (Å²) in [7, 11) is 9.72. The van der Waals surface area contributed by atoms with E-state index in [0.717, 1.165) is 14.7 Å². The fourth-order valence-corrected chi connectivity index (χ4v) is 12.2. The van der Waals surface area contributed by atoms with Crippen LogP contribution in [0.25, 0.3) is 0 Å². The number of hydrogen-bond acceptors (Lipinski definition) is 16. The molecule has 0 unspecified atom stereocenters. The van der Waals surface area contributed by atoms with Crippen LogP contribution in [-0.4, -0.2) is 288 Å². The van der Waals surface area contributed by atoms with Gasteiger partial charge in [-0.05, 0) is 102 Å². The van der Waals surface area contributed by atoms with Crippen molar-refractivity contribution in [2.24, 2.45) is 35.5 Å². The predicted octanol–water partition coefficient (Wildman–Crippen LogP) is 2.10. The lowest BCUT2D eigenvalue weighted by atomic mass is 9.91. The van der Waals surface area contributed by atoms with Gasteiger partial charge in [0, 0.05) is 75.4 Å². The molecule has 0 spiro atoms. The van der Waals surface area contributed by atoms with Gasteiger partial charge in [0.05, 0.1) is 38.1 Å². The van der Waals surface area contributed by atoms with Gasteiger partial charge in [-0.3, -0.25) is 57.6 Å². The van der Waals surface area contributed by atoms with E-state index in [4.69, 9.17) is 9.47 Å². The summed E-state index contributed by atoms with van der Waals surface area (Å²) in [6.07, 6.45) is 2.21. The molecule has 0 aromatic carbocycles. The maximum absolute atomic E-state index is 15.4. The Hall–Kier alpha value is -6.29. The monoisotopic (exact) mass is 1360 g/mol. The van der Waals surface area contributed by atoms with E-state index in [0.29, 0.717) is 32.8 Å². The first-order valence-corrected chi connectivity index (χ1v) is 34.5. The van der Waals surface area contributed by atoms with Crippen molar-refractivity contribution in [1.29, 1.82) is 0 Å². The van der Waals surface area contributed by atoms with Crippen LogP contribution in [-0.2, 0) is 62.2 Å². The number of likely N-dealkylation sites (N-methyl/N-ethyl adjacent to an activating group) is 7. The van der Waals surface area contributed by atoms with Crippen LogP contribution in [0.3, 0.4) is 0 Å². The summed E-state index contributed by atoms with van der Waals surface area (Å²) in [6, 6.07) is -14.8. The van der Waals surface area contributed by atoms with E-state index in [2.05, 4.69) is 26.2 Å². The molecule has 2 heterocycles. The number of morpholine rings is 1. The molecule has 27 nitrogen and oxygen atoms in total. The van der Waals surface area contributed by atoms with Crippen molar-refractivity contribution in [1.82, 2.24) is 60.5 Å². The summed E-state index contributed by atoms with van der Waals surface area (Å²) >= 11 is 0. The van der Waals surface area contributed by atoms with Crippen LogP contribution in [0.4, 0.5) is 0 Å². The van der Waals surface area contributed by atoms with Crippen molar-refractivity contribution in [2.75, 3.05) is 95.4 Å². The first-order chi connectivity index (χ1) is 44.5. The van der Waals surface area contributed by atoms with Crippen molar-refractivity contribution in [3.05, 3.63) is 12.2 Å². The predicted molar refractivity (Wildman–Crippen MR) is 367 cm³/mol. The van der Waals surface area contributed by atoms with Crippen LogP contribution < -0.4 is 21.3 Å². The van der Waals surface area contributed by atoms with E-state index in [-0.39, 0.29) is 62.9 Å². The SMILES string of the molecule is CC=CC[C@@H](C)[C@@H](O)[C@H]1C(=O)N[C@@H](CC)C(=O)N(C)[C@H](COCCN2CCOCC2)C(=O)N(C)[C@@H](CC(C)(C)O)C(=O)N[C@@H](C(C)C)C(=O)N(C)[C@@H](CC(C)C)C(=O)N[C@@H](C)C(=O)N[C@H](C)C(=O)N(C)[C@@H](CC(C)C)C(=O)N(C)[C@@H](CC(C)C)C(=O)N(C)[C@@H](C(C)C)C(=O)N1C. The fourth-order valence-electron chi connectivity index (χ4n) is 12.2. The Morgan fingerprint density at radius 2 is 0.979 bits per heavy atom. The third-order valence-electron chi connectivity index (χ3n) is 18.3. The summed E-state index contributed by atoms with van der Waals surface area (Å²) in [5.41, 5.74) is -1.62. The highest BCUT2D eigenvalue weighted by molar-refractivity contribution is 6.00. The number of amides is 11. The van der Waals surface area contributed by atoms with Crippen molar-refractivity contribution >= 4 is 65.0 Å². The first-order valence-electron chi connectivity index (χ1n) is 34.5. The number of nitrogens with zero attached hydrogens (tertiary/aromatic N) is 8. The molecular weight excluding hydrogens is 1240 g/mol. The number of nitrogens with one attached hydrogen (secondary N) is 4. The minimum Gasteiger partial charge on any atom is -0.390 e. The number of ether oxygens (including phenoxy) is 2. The zero-order valence-corrected chi connectivity index (χ0v) is 62.5. The van der Waals surface area contributed by atoms with Crippen LogP contribution in [0.1, 0.15) is 156 Å². The van der Waals surface area contributed by atoms with Gasteiger partial charge in [-0.1, -0.05) is 95.2 Å². The van der Waals surface area contributed by atoms with Gasteiger partial charge in [-0.25, -0.2) is 0 Å². The summed E-state index contributed by atoms with van der Waals surface area (Å²) < 4.78 is 11.7. The van der Waals surface area contributed by atoms with Gasteiger partial charge in [-0.2, -0.15) is 0 Å². The van der Waals surface area contributed by atoms with E-state index in [9.17, 15) is 34.2 Å². The first kappa shape index (κ1) is 85.8. The van der Waals surface area contributed by atoms with Gasteiger partial charge in [-0.15, -0.1) is 0 Å². The van der Waals surface area contributed by atoms with Gasteiger partial charge < -0.3 is 75.3 Å². The van der Waals surface area contributed by atoms with Crippen molar-refractivity contribution < 1.29 is 72.4 Å². The minimum absolute atomic E-state index is 0.0645. The van der Waals surface area contributed by atoms with E-state index in [1.54, 1.807) is 60.6 Å². The Kier molecular flexibility index (Phi) is 35.2. The number of aliphatic hydroxyl groups is 2. The Bertz CT molecular complexity index is 2630. The molecule has 0 aromatic heterocycles. The zero-order chi connectivity index (χ0) is 73.7. The van der Waals surface area contributed by atoms with Crippen LogP contribution in [0.2, 0.25) is 0 Å². The second-order valence-corrected chi connectivity index (χ2v) is 29.2. The Balaban J connectivity index is 3.12. The third kappa shape index (κ3) is 24.6. The summed E-state index contributed by atoms with van der Waals surface area (Å²) in [5.74, 6) is -10.7. The lowest BCUT2D eigenvalue weighted by molar-refractivity contribution is -0.157. The molecular formula is C69H124N12O15. The maximum Gasteiger partial charge on any atom is 0.248 e. The van der Waals surface area contributed by atoms with E-state index in [1.165, 1.54) is 96.6 Å². The maximum atomic E-state index is 15.4. The zero-order valence-electron chi connectivity index (χ0n) is 62.5. The van der Waals surface area contributed by atoms with Crippen LogP contribution in [0, 0.1) is 35.5 Å². The summed E-state index contributed by atoms with van der Waals surface area (Å²) in [5, 5.41) is 34.7. The third-order valence-corrected chi connectivity index (χ3v) is 18.3. The molecule has 0 bridgehead atoms. The highest BCUT2D eigenvalue weighted by Gasteiger charge is 2.47. The number of rotatable bonds is 20. The van der Waals surface area contributed by atoms with Gasteiger partial charge in [0.1, 0.15) is 66.5 Å². The van der Waals surface area contributed by atoms with Crippen LogP contribution in [0.15, 0.2) is 12.2 Å². The lowest BCUT2D eigenvalue weighted by Crippen LogP contribution is -2.64. The summed E-state index contributed by atoms with van der Waals surface area (Å²) in [4.78, 5) is 175. The summed E-state index contributed by atoms with van der Waals surface area (Å²) in [6.45, 7) is 31.2. The fraction of sp³-hybridized carbons (Fsp3) is 0.812. The highest BCUT2D eigenvalue weighted by atomic mass is 16.5. The van der Waals surface area contributed by atoms with Crippen molar-refractivity contribution in [3.8, 4) is 0 Å². The number of carbonyl (C=O) groups excluding carboxylic acids is 11. The minimum atomic E-state index is -1.68. The lowest BCUT2D eigenvalue weighted by Gasteiger charge is -2.41. The average Bonchev–Trinajstić information content (AvgIpc) is 0.812. The van der Waals surface area contributed by atoms with Crippen LogP contribution in [0.5, 0.6) is 0 Å². The van der Waals surface area contributed by atoms with E-state index in [1.807, 2.05) is 41.5 Å². The molecule has 96 heavy (non-hydrogen) atoms. The molecule has 27 heteroatoms. The smallest absolute Gasteiger partial charge is 0.248 e. The number of aliphatic hydroxyl groups excluding tert-OH is 1. The number of carbonyl (C=O) groups is 11. The van der Waals surface area contributed by atoms with E-state index < -0.39 is 168 Å². The Morgan fingerprint density at radius 1 is 0.531 bits per heavy atom. The number of allylic oxidation sites excluding steroid dienone is 2. The van der Waals surface area contributed by atoms with Gasteiger partial charge >= 0.3 is 0 Å². The van der Waals surface area contributed by atoms with Gasteiger partial charge in [0.2, 0.25) is 65.0 Å². The molecule has 550 valence electrons. The average molecular weight is 1360 g/mol. The van der Waals surface area contributed by atoms with Crippen molar-refractivity contribution in [3.63, 3.8) is 0 Å². The van der Waals surface area contributed by atoms with E-state index >= 15 is 28.8 Å². The molecule has 2 saturated heterocycles. The molecule has 6 N–H and O–H groups in total. The quantitative estimate of drug-likeness (QED) is 0.0751. The molecule has 2 fully saturated rings. The molecule has 0 aromatic rings. The Labute approximate surface area is 573 Å². The molecule has 2 rings (SSSR count). The molecule has 13 atom stereocenters. The van der Waals surface area contributed by atoms with Crippen molar-refractivity contribution in [2.45, 2.75) is 234 Å². The second kappa shape index (κ2) is 39.3. The molecule has 2 aliphatic heterocycles. The highest BCUT2D eigenvalue weighted by Crippen LogP contribution is 2.26. The molecule has 0 aliphatic carbocycles. The largest absolute Gasteiger partial charge is 0.390 e. The standard InChI is InChI=1S/C69H124N12O15/c1-25-27-28-45(13)57(82)56-61(86)72-48(26-2)63(88)78(22)53(39-96-34-31-81-29-32-95-33-30-81)66(91)77(21)52(38-69(16,17)94)60(85)73-54(43(9)10)67(92)74(18)49(35-40(3)4)59(84)70-46(14)58(83)71-47(15)62(87)75(19)50(36-41(5)6)64(89)76(20)51(37-42(7)8)65(90)79(23)55(44(11)12)68(93)80(56)24/h25,27,40-57,82,94H,26,28-39H2,1-24H3,(H,70,84)(H,71,83)(H,72,86)(H,73,85)/t45-,46+,47-,48+,49+,50+,51+,52+,53-,54+,55+,56+,57-/m1/s1. The van der Waals surface area contributed by atoms with Gasteiger partial charge in [0.15, 0.2) is 0 Å². The topological polar surface area (TPSA) is 321 Å². The van der Waals surface area contributed by atoms with Gasteiger partial charge in [0.25, 0.3) is 0 Å². The van der Waals surface area contributed by atoms with Crippen LogP contribution >= 0.6 is 0 Å². The molecule has 11 amide bonds. The Morgan fingerprint density at radius 3 is 1.47 bits per heavy atom. The normalized spacial score (nSPS) is 27.3. The molecule has 0 saturated carbocycles. The molecule has 2 aliphatic rings. The number of hydrogen-bond donors (Lipinski definition) is 6.